The second-order valence-corrected chi connectivity index (χ2v) is 9.69. The summed E-state index contributed by atoms with van der Waals surface area (Å²) >= 11 is 0. The number of aromatic amines is 1. The van der Waals surface area contributed by atoms with Crippen LogP contribution in [0.15, 0.2) is 53.3 Å². The molecule has 0 amide bonds. The van der Waals surface area contributed by atoms with Crippen LogP contribution in [0.4, 0.5) is 5.69 Å². The lowest BCUT2D eigenvalue weighted by Crippen LogP contribution is -2.39. The SMILES string of the molecule is Cc1cccc2cc(C(c3nnnn3C3CCCCC3)N3CCCc4ccccc43)c(=O)[nH]c12. The van der Waals surface area contributed by atoms with Gasteiger partial charge in [-0.05, 0) is 71.7 Å². The third kappa shape index (κ3) is 3.59. The number of aromatic nitrogens is 5. The first-order valence-electron chi connectivity index (χ1n) is 12.5. The fraction of sp³-hybridized carbons (Fsp3) is 0.407. The van der Waals surface area contributed by atoms with Crippen LogP contribution in [0.3, 0.4) is 0 Å². The maximum Gasteiger partial charge on any atom is 0.254 e. The van der Waals surface area contributed by atoms with Crippen LogP contribution < -0.4 is 10.5 Å². The number of fused-ring (bicyclic) bond motifs is 2. The van der Waals surface area contributed by atoms with Crippen LogP contribution in [0.5, 0.6) is 0 Å². The summed E-state index contributed by atoms with van der Waals surface area (Å²) in [6.45, 7) is 2.88. The van der Waals surface area contributed by atoms with Crippen LogP contribution in [0.25, 0.3) is 10.9 Å². The molecule has 0 saturated heterocycles. The molecule has 1 N–H and O–H groups in total. The van der Waals surface area contributed by atoms with Crippen molar-refractivity contribution in [2.24, 2.45) is 0 Å². The molecule has 2 aromatic carbocycles. The molecule has 1 unspecified atom stereocenters. The number of H-pyrrole nitrogens is 1. The first-order valence-corrected chi connectivity index (χ1v) is 12.5. The standard InChI is InChI=1S/C27H30N6O/c1-18-9-7-11-20-17-22(27(34)28-24(18)20)25(32-16-8-12-19-10-5-6-15-23(19)32)26-29-30-31-33(26)21-13-3-2-4-14-21/h5-7,9-11,15,17,21,25H,2-4,8,12-14,16H2,1H3,(H,28,34). The summed E-state index contributed by atoms with van der Waals surface area (Å²) in [5.41, 5.74) is 5.05. The van der Waals surface area contributed by atoms with E-state index in [0.29, 0.717) is 5.56 Å². The van der Waals surface area contributed by atoms with Crippen LogP contribution >= 0.6 is 0 Å². The van der Waals surface area contributed by atoms with Gasteiger partial charge in [-0.1, -0.05) is 55.7 Å². The summed E-state index contributed by atoms with van der Waals surface area (Å²) in [6, 6.07) is 16.6. The molecule has 34 heavy (non-hydrogen) atoms. The van der Waals surface area contributed by atoms with Gasteiger partial charge in [0.2, 0.25) is 0 Å². The number of rotatable bonds is 4. The summed E-state index contributed by atoms with van der Waals surface area (Å²) in [5.74, 6) is 0.765. The third-order valence-corrected chi connectivity index (χ3v) is 7.55. The summed E-state index contributed by atoms with van der Waals surface area (Å²) in [6.07, 6.45) is 7.88. The van der Waals surface area contributed by atoms with Gasteiger partial charge in [0.25, 0.3) is 5.56 Å². The van der Waals surface area contributed by atoms with E-state index in [1.54, 1.807) is 0 Å². The average molecular weight is 455 g/mol. The Hall–Kier alpha value is -3.48. The Balaban J connectivity index is 1.56. The molecule has 0 radical (unpaired) electrons. The molecule has 1 aliphatic carbocycles. The maximum absolute atomic E-state index is 13.6. The minimum atomic E-state index is -0.355. The van der Waals surface area contributed by atoms with Crippen molar-refractivity contribution in [1.29, 1.82) is 0 Å². The first kappa shape index (κ1) is 21.1. The highest BCUT2D eigenvalue weighted by Gasteiger charge is 2.34. The number of nitrogens with zero attached hydrogens (tertiary/aromatic N) is 5. The number of para-hydroxylation sites is 2. The zero-order valence-corrected chi connectivity index (χ0v) is 19.6. The van der Waals surface area contributed by atoms with Crippen molar-refractivity contribution in [3.63, 3.8) is 0 Å². The minimum absolute atomic E-state index is 0.0759. The molecule has 0 bridgehead atoms. The van der Waals surface area contributed by atoms with Gasteiger partial charge in [0.05, 0.1) is 11.6 Å². The van der Waals surface area contributed by atoms with Gasteiger partial charge in [-0.2, -0.15) is 0 Å². The lowest BCUT2D eigenvalue weighted by molar-refractivity contribution is 0.313. The van der Waals surface area contributed by atoms with E-state index >= 15 is 0 Å². The van der Waals surface area contributed by atoms with E-state index in [0.717, 1.165) is 54.5 Å². The number of pyridine rings is 1. The molecule has 1 aliphatic heterocycles. The Morgan fingerprint density at radius 2 is 1.88 bits per heavy atom. The minimum Gasteiger partial charge on any atom is -0.357 e. The quantitative estimate of drug-likeness (QED) is 0.476. The summed E-state index contributed by atoms with van der Waals surface area (Å²) in [4.78, 5) is 19.1. The van der Waals surface area contributed by atoms with Crippen molar-refractivity contribution >= 4 is 16.6 Å². The lowest BCUT2D eigenvalue weighted by atomic mass is 9.94. The first-order chi connectivity index (χ1) is 16.7. The largest absolute Gasteiger partial charge is 0.357 e. The molecule has 1 atom stereocenters. The predicted octanol–water partition coefficient (Wildman–Crippen LogP) is 4.87. The molecule has 2 aromatic heterocycles. The van der Waals surface area contributed by atoms with Crippen LogP contribution in [0.2, 0.25) is 0 Å². The maximum atomic E-state index is 13.6. The van der Waals surface area contributed by atoms with Gasteiger partial charge in [-0.25, -0.2) is 4.68 Å². The van der Waals surface area contributed by atoms with Crippen LogP contribution in [-0.4, -0.2) is 31.7 Å². The Morgan fingerprint density at radius 1 is 1.03 bits per heavy atom. The number of benzene rings is 2. The molecule has 6 rings (SSSR count). The van der Waals surface area contributed by atoms with Crippen molar-refractivity contribution < 1.29 is 0 Å². The second-order valence-electron chi connectivity index (χ2n) is 9.69. The van der Waals surface area contributed by atoms with Crippen molar-refractivity contribution in [2.45, 2.75) is 64.0 Å². The van der Waals surface area contributed by atoms with E-state index in [2.05, 4.69) is 55.7 Å². The van der Waals surface area contributed by atoms with E-state index in [1.807, 2.05) is 29.8 Å². The Kier molecular flexibility index (Phi) is 5.40. The van der Waals surface area contributed by atoms with Gasteiger partial charge in [0.15, 0.2) is 5.82 Å². The van der Waals surface area contributed by atoms with Crippen LogP contribution in [0, 0.1) is 6.92 Å². The number of nitrogens with one attached hydrogen (secondary N) is 1. The van der Waals surface area contributed by atoms with Gasteiger partial charge in [0, 0.05) is 17.8 Å². The Morgan fingerprint density at radius 3 is 2.76 bits per heavy atom. The van der Waals surface area contributed by atoms with Crippen molar-refractivity contribution in [3.05, 3.63) is 81.4 Å². The highest BCUT2D eigenvalue weighted by Crippen LogP contribution is 2.38. The van der Waals surface area contributed by atoms with Gasteiger partial charge >= 0.3 is 0 Å². The highest BCUT2D eigenvalue weighted by molar-refractivity contribution is 5.82. The molecule has 3 heterocycles. The molecule has 2 aliphatic rings. The summed E-state index contributed by atoms with van der Waals surface area (Å²) in [7, 11) is 0. The van der Waals surface area contributed by atoms with E-state index in [1.165, 1.54) is 30.5 Å². The smallest absolute Gasteiger partial charge is 0.254 e. The second kappa shape index (κ2) is 8.70. The Bertz CT molecular complexity index is 1380. The molecular formula is C27H30N6O. The molecule has 7 heteroatoms. The van der Waals surface area contributed by atoms with Crippen LogP contribution in [-0.2, 0) is 6.42 Å². The van der Waals surface area contributed by atoms with Crippen molar-refractivity contribution in [1.82, 2.24) is 25.2 Å². The number of tetrazole rings is 1. The predicted molar refractivity (Wildman–Crippen MR) is 133 cm³/mol. The zero-order chi connectivity index (χ0) is 23.1. The van der Waals surface area contributed by atoms with Gasteiger partial charge in [-0.15, -0.1) is 5.10 Å². The van der Waals surface area contributed by atoms with Gasteiger partial charge < -0.3 is 9.88 Å². The number of anilines is 1. The van der Waals surface area contributed by atoms with E-state index in [4.69, 9.17) is 0 Å². The van der Waals surface area contributed by atoms with E-state index in [9.17, 15) is 4.79 Å². The van der Waals surface area contributed by atoms with Crippen molar-refractivity contribution in [2.75, 3.05) is 11.4 Å². The van der Waals surface area contributed by atoms with Gasteiger partial charge in [0.1, 0.15) is 6.04 Å². The number of hydrogen-bond acceptors (Lipinski definition) is 5. The fourth-order valence-electron chi connectivity index (χ4n) is 5.85. The molecule has 7 nitrogen and oxygen atoms in total. The molecular weight excluding hydrogens is 424 g/mol. The van der Waals surface area contributed by atoms with Crippen LogP contribution in [0.1, 0.15) is 73.1 Å². The summed E-state index contributed by atoms with van der Waals surface area (Å²) < 4.78 is 2.01. The normalized spacial score (nSPS) is 17.6. The molecule has 1 fully saturated rings. The molecule has 0 spiro atoms. The fourth-order valence-corrected chi connectivity index (χ4v) is 5.85. The molecule has 1 saturated carbocycles. The zero-order valence-electron chi connectivity index (χ0n) is 19.6. The average Bonchev–Trinajstić information content (AvgIpc) is 3.35. The third-order valence-electron chi connectivity index (χ3n) is 7.55. The lowest BCUT2D eigenvalue weighted by Gasteiger charge is -2.38. The van der Waals surface area contributed by atoms with Gasteiger partial charge in [-0.3, -0.25) is 4.79 Å². The summed E-state index contributed by atoms with van der Waals surface area (Å²) in [5, 5.41) is 14.2. The number of aryl methyl sites for hydroxylation is 2. The molecule has 174 valence electrons. The van der Waals surface area contributed by atoms with E-state index in [-0.39, 0.29) is 17.6 Å². The van der Waals surface area contributed by atoms with E-state index < -0.39 is 0 Å². The Labute approximate surface area is 198 Å². The molecule has 4 aromatic rings. The van der Waals surface area contributed by atoms with Crippen molar-refractivity contribution in [3.8, 4) is 0 Å². The monoisotopic (exact) mass is 454 g/mol. The topological polar surface area (TPSA) is 79.7 Å². The highest BCUT2D eigenvalue weighted by atomic mass is 16.1. The number of hydrogen-bond donors (Lipinski definition) is 1.